The molecule has 1 aliphatic carbocycles. The van der Waals surface area contributed by atoms with Gasteiger partial charge in [0, 0.05) is 49.2 Å². The number of nitriles is 1. The fraction of sp³-hybridized carbons (Fsp3) is 0.258. The minimum atomic E-state index is -0.191. The number of aryl methyl sites for hydroxylation is 1. The summed E-state index contributed by atoms with van der Waals surface area (Å²) in [7, 11) is 1.87. The number of amides is 2. The van der Waals surface area contributed by atoms with Crippen LogP contribution in [0.4, 0.5) is 16.6 Å². The number of anilines is 2. The largest absolute Gasteiger partial charge is 0.351 e. The molecule has 0 saturated heterocycles. The molecule has 222 valence electrons. The lowest BCUT2D eigenvalue weighted by Gasteiger charge is -2.36. The van der Waals surface area contributed by atoms with E-state index in [1.807, 2.05) is 55.7 Å². The number of carbonyl (C=O) groups is 1. The van der Waals surface area contributed by atoms with Crippen LogP contribution in [0.1, 0.15) is 36.8 Å². The van der Waals surface area contributed by atoms with Crippen LogP contribution >= 0.6 is 11.6 Å². The van der Waals surface area contributed by atoms with Crippen LogP contribution in [0.2, 0.25) is 5.02 Å². The topological polar surface area (TPSA) is 153 Å². The zero-order chi connectivity index (χ0) is 30.5. The predicted octanol–water partition coefficient (Wildman–Crippen LogP) is 5.33. The molecular weight excluding hydrogens is 578 g/mol. The summed E-state index contributed by atoms with van der Waals surface area (Å²) >= 11 is 6.24. The van der Waals surface area contributed by atoms with Crippen molar-refractivity contribution in [2.24, 2.45) is 7.05 Å². The van der Waals surface area contributed by atoms with Crippen LogP contribution in [-0.2, 0) is 13.6 Å². The lowest BCUT2D eigenvalue weighted by atomic mass is 9.90. The average Bonchev–Trinajstić information content (AvgIpc) is 3.69. The van der Waals surface area contributed by atoms with Crippen LogP contribution in [0, 0.1) is 11.3 Å². The third-order valence-electron chi connectivity index (χ3n) is 7.67. The maximum absolute atomic E-state index is 13.7. The molecule has 0 spiro atoms. The fourth-order valence-electron chi connectivity index (χ4n) is 5.41. The van der Waals surface area contributed by atoms with E-state index in [0.717, 1.165) is 42.4 Å². The fourth-order valence-corrected chi connectivity index (χ4v) is 5.59. The maximum atomic E-state index is 13.7. The van der Waals surface area contributed by atoms with Gasteiger partial charge in [0.05, 0.1) is 29.2 Å². The average molecular weight is 608 g/mol. The highest BCUT2D eigenvalue weighted by Gasteiger charge is 2.31. The minimum absolute atomic E-state index is 0.0539. The Kier molecular flexibility index (Phi) is 8.47. The second-order valence-corrected chi connectivity index (χ2v) is 11.0. The number of benzene rings is 1. The Hall–Kier alpha value is -5.28. The normalized spacial score (nSPS) is 16.2. The maximum Gasteiger partial charge on any atom is 0.323 e. The van der Waals surface area contributed by atoms with Crippen molar-refractivity contribution >= 4 is 29.4 Å². The number of aromatic nitrogens is 7. The van der Waals surface area contributed by atoms with E-state index in [4.69, 9.17) is 16.6 Å². The van der Waals surface area contributed by atoms with Crippen LogP contribution < -0.4 is 15.5 Å². The van der Waals surface area contributed by atoms with Gasteiger partial charge in [-0.05, 0) is 43.4 Å². The molecule has 1 saturated carbocycles. The summed E-state index contributed by atoms with van der Waals surface area (Å²) in [5, 5.41) is 27.4. The van der Waals surface area contributed by atoms with Crippen LogP contribution in [0.3, 0.4) is 0 Å². The minimum Gasteiger partial charge on any atom is -0.351 e. The summed E-state index contributed by atoms with van der Waals surface area (Å²) in [5.41, 5.74) is 4.06. The third-order valence-corrected chi connectivity index (χ3v) is 7.96. The number of aromatic amines is 1. The molecule has 4 heterocycles. The lowest BCUT2D eigenvalue weighted by Crippen LogP contribution is -2.49. The molecule has 3 N–H and O–H groups in total. The van der Waals surface area contributed by atoms with Crippen LogP contribution in [-0.4, -0.2) is 53.0 Å². The summed E-state index contributed by atoms with van der Waals surface area (Å²) in [6.07, 6.45) is 11.5. The Morgan fingerprint density at radius 1 is 1.07 bits per heavy atom. The monoisotopic (exact) mass is 607 g/mol. The van der Waals surface area contributed by atoms with Gasteiger partial charge < -0.3 is 10.6 Å². The number of hydrogen-bond acceptors (Lipinski definition) is 8. The molecule has 2 amide bonds. The molecule has 44 heavy (non-hydrogen) atoms. The van der Waals surface area contributed by atoms with Gasteiger partial charge in [-0.15, -0.1) is 0 Å². The first-order chi connectivity index (χ1) is 21.5. The Morgan fingerprint density at radius 3 is 2.55 bits per heavy atom. The summed E-state index contributed by atoms with van der Waals surface area (Å²) in [6, 6.07) is 15.6. The van der Waals surface area contributed by atoms with Crippen molar-refractivity contribution in [2.45, 2.75) is 44.3 Å². The molecule has 6 rings (SSSR count). The Labute approximate surface area is 259 Å². The van der Waals surface area contributed by atoms with Gasteiger partial charge in [-0.1, -0.05) is 41.9 Å². The molecule has 5 aromatic rings. The van der Waals surface area contributed by atoms with E-state index in [1.54, 1.807) is 22.0 Å². The molecule has 0 atom stereocenters. The van der Waals surface area contributed by atoms with Gasteiger partial charge >= 0.3 is 6.03 Å². The van der Waals surface area contributed by atoms with E-state index in [1.165, 1.54) is 12.4 Å². The number of urea groups is 1. The van der Waals surface area contributed by atoms with Crippen LogP contribution in [0.5, 0.6) is 0 Å². The number of H-pyrrole nitrogens is 1. The zero-order valence-electron chi connectivity index (χ0n) is 24.0. The van der Waals surface area contributed by atoms with Gasteiger partial charge in [0.15, 0.2) is 0 Å². The standard InChI is InChI=1S/C31H30ClN11O/c1-42-19-23(17-38-42)21-7-12-27(34-15-21)43(31(44)36-14-20-5-3-2-4-6-20)25-10-8-24(9-11-25)39-30-35-16-22(13-33)28(40-30)29-26(32)18-37-41-29/h2-7,12,15-19,24-25H,8-11,14H2,1H3,(H,36,44)(H,37,41)(H,35,39,40). The van der Waals surface area contributed by atoms with E-state index in [2.05, 4.69) is 42.0 Å². The number of nitrogens with zero attached hydrogens (tertiary/aromatic N) is 8. The summed E-state index contributed by atoms with van der Waals surface area (Å²) in [6.45, 7) is 0.416. The van der Waals surface area contributed by atoms with Crippen molar-refractivity contribution in [2.75, 3.05) is 10.2 Å². The van der Waals surface area contributed by atoms with E-state index in [9.17, 15) is 10.1 Å². The van der Waals surface area contributed by atoms with E-state index < -0.39 is 0 Å². The number of nitrogens with one attached hydrogen (secondary N) is 3. The van der Waals surface area contributed by atoms with Crippen molar-refractivity contribution in [3.05, 3.63) is 89.6 Å². The number of rotatable bonds is 8. The van der Waals surface area contributed by atoms with Gasteiger partial charge in [0.2, 0.25) is 5.95 Å². The molecule has 13 heteroatoms. The van der Waals surface area contributed by atoms with Crippen LogP contribution in [0.25, 0.3) is 22.5 Å². The number of pyridine rings is 1. The molecule has 1 aliphatic rings. The molecule has 0 unspecified atom stereocenters. The smallest absolute Gasteiger partial charge is 0.323 e. The molecule has 0 bridgehead atoms. The molecule has 1 aromatic carbocycles. The Balaban J connectivity index is 1.17. The number of carbonyl (C=O) groups excluding carboxylic acids is 1. The molecule has 0 aliphatic heterocycles. The first kappa shape index (κ1) is 28.8. The summed E-state index contributed by atoms with van der Waals surface area (Å²) in [4.78, 5) is 29.1. The highest BCUT2D eigenvalue weighted by atomic mass is 35.5. The number of halogens is 1. The van der Waals surface area contributed by atoms with Gasteiger partial charge in [-0.25, -0.2) is 19.7 Å². The van der Waals surface area contributed by atoms with Gasteiger partial charge in [-0.2, -0.15) is 15.5 Å². The molecular formula is C31H30ClN11O. The highest BCUT2D eigenvalue weighted by molar-refractivity contribution is 6.32. The van der Waals surface area contributed by atoms with Crippen molar-refractivity contribution in [1.29, 1.82) is 5.26 Å². The molecule has 4 aromatic heterocycles. The van der Waals surface area contributed by atoms with E-state index in [-0.39, 0.29) is 18.1 Å². The molecule has 0 radical (unpaired) electrons. The molecule has 1 fully saturated rings. The second-order valence-electron chi connectivity index (χ2n) is 10.6. The van der Waals surface area contributed by atoms with Crippen molar-refractivity contribution in [1.82, 2.24) is 40.2 Å². The van der Waals surface area contributed by atoms with E-state index in [0.29, 0.717) is 40.3 Å². The van der Waals surface area contributed by atoms with Crippen LogP contribution in [0.15, 0.2) is 73.4 Å². The zero-order valence-corrected chi connectivity index (χ0v) is 24.7. The van der Waals surface area contributed by atoms with Gasteiger partial charge in [-0.3, -0.25) is 14.7 Å². The predicted molar refractivity (Wildman–Crippen MR) is 167 cm³/mol. The quantitative estimate of drug-likeness (QED) is 0.214. The summed E-state index contributed by atoms with van der Waals surface area (Å²) < 4.78 is 1.75. The number of hydrogen-bond donors (Lipinski definition) is 3. The van der Waals surface area contributed by atoms with Gasteiger partial charge in [0.1, 0.15) is 23.3 Å². The second kappa shape index (κ2) is 12.9. The van der Waals surface area contributed by atoms with Crippen molar-refractivity contribution in [3.8, 4) is 28.6 Å². The van der Waals surface area contributed by atoms with Crippen molar-refractivity contribution in [3.63, 3.8) is 0 Å². The highest BCUT2D eigenvalue weighted by Crippen LogP contribution is 2.31. The first-order valence-electron chi connectivity index (χ1n) is 14.3. The molecule has 12 nitrogen and oxygen atoms in total. The Bertz CT molecular complexity index is 1770. The first-order valence-corrected chi connectivity index (χ1v) is 14.6. The van der Waals surface area contributed by atoms with Crippen molar-refractivity contribution < 1.29 is 4.79 Å². The van der Waals surface area contributed by atoms with E-state index >= 15 is 0 Å². The third kappa shape index (κ3) is 6.38. The summed E-state index contributed by atoms with van der Waals surface area (Å²) in [5.74, 6) is 0.995. The Morgan fingerprint density at radius 2 is 1.89 bits per heavy atom. The lowest BCUT2D eigenvalue weighted by molar-refractivity contribution is 0.240. The van der Waals surface area contributed by atoms with Gasteiger partial charge in [0.25, 0.3) is 0 Å². The SMILES string of the molecule is Cn1cc(-c2ccc(N(C(=O)NCc3ccccc3)C3CCC(Nc4ncc(C#N)c(-c5[nH]ncc5Cl)n4)CC3)nc2)cn1.